The number of benzene rings is 2. The second kappa shape index (κ2) is 5.38. The third kappa shape index (κ3) is 3.10. The van der Waals surface area contributed by atoms with Crippen LogP contribution in [0.3, 0.4) is 0 Å². The molecule has 0 heterocycles. The molecule has 0 aliphatic heterocycles. The maximum Gasteiger partial charge on any atom is 0.124 e. The predicted octanol–water partition coefficient (Wildman–Crippen LogP) is 1.96. The van der Waals surface area contributed by atoms with Gasteiger partial charge in [0, 0.05) is 0 Å². The summed E-state index contributed by atoms with van der Waals surface area (Å²) in [5.74, 6) is -0.610. The van der Waals surface area contributed by atoms with Gasteiger partial charge in [0.25, 0.3) is 0 Å². The summed E-state index contributed by atoms with van der Waals surface area (Å²) >= 11 is 0. The molecule has 3 N–H and O–H groups in total. The zero-order valence-electron chi connectivity index (χ0n) is 10.1. The molecule has 19 heavy (non-hydrogen) atoms. The van der Waals surface area contributed by atoms with Gasteiger partial charge in [-0.25, -0.2) is 12.8 Å². The van der Waals surface area contributed by atoms with E-state index in [0.29, 0.717) is 12.2 Å². The third-order valence-electron chi connectivity index (χ3n) is 2.57. The zero-order chi connectivity index (χ0) is 13.9. The van der Waals surface area contributed by atoms with Crippen molar-refractivity contribution in [3.05, 3.63) is 64.6 Å². The van der Waals surface area contributed by atoms with Crippen LogP contribution in [0.5, 0.6) is 0 Å². The molecule has 2 aromatic carbocycles. The van der Waals surface area contributed by atoms with E-state index in [9.17, 15) is 12.8 Å². The molecule has 0 unspecified atom stereocenters. The van der Waals surface area contributed by atoms with Crippen LogP contribution in [0.25, 0.3) is 4.72 Å². The summed E-state index contributed by atoms with van der Waals surface area (Å²) < 4.78 is 40.9. The maximum absolute atomic E-state index is 13.1. The van der Waals surface area contributed by atoms with Crippen LogP contribution >= 0.6 is 0 Å². The molecule has 2 rings (SSSR count). The van der Waals surface area contributed by atoms with E-state index in [0.717, 1.165) is 11.6 Å². The number of quaternary nitrogens is 1. The van der Waals surface area contributed by atoms with Crippen molar-refractivity contribution in [2.75, 3.05) is 0 Å². The van der Waals surface area contributed by atoms with E-state index in [4.69, 9.17) is 0 Å². The molecule has 0 spiro atoms. The molecular weight excluding hydrogens is 267 g/mol. The topological polar surface area (TPSA) is 75.9 Å². The highest BCUT2D eigenvalue weighted by molar-refractivity contribution is 7.94. The number of rotatable bonds is 4. The van der Waals surface area contributed by atoms with Crippen LogP contribution in [0, 0.1) is 5.82 Å². The number of halogens is 1. The first kappa shape index (κ1) is 13.5. The minimum absolute atomic E-state index is 0.161. The van der Waals surface area contributed by atoms with Crippen molar-refractivity contribution >= 4 is 15.7 Å². The molecule has 0 aliphatic rings. The van der Waals surface area contributed by atoms with Crippen LogP contribution in [0.2, 0.25) is 0 Å². The molecule has 0 atom stereocenters. The summed E-state index contributed by atoms with van der Waals surface area (Å²) in [7, 11) is -3.91. The number of hydrogen-bond acceptors (Lipinski definition) is 2. The van der Waals surface area contributed by atoms with Gasteiger partial charge in [-0.3, -0.25) is 0 Å². The van der Waals surface area contributed by atoms with Gasteiger partial charge in [0.15, 0.2) is 0 Å². The van der Waals surface area contributed by atoms with Crippen molar-refractivity contribution in [3.8, 4) is 0 Å². The van der Waals surface area contributed by atoms with Gasteiger partial charge in [0.1, 0.15) is 15.8 Å². The van der Waals surface area contributed by atoms with Crippen LogP contribution in [-0.4, -0.2) is 8.42 Å². The number of sulfonamides is 1. The van der Waals surface area contributed by atoms with Crippen LogP contribution in [0.15, 0.2) is 53.4 Å². The Morgan fingerprint density at radius 3 is 2.53 bits per heavy atom. The Balaban J connectivity index is 2.37. The van der Waals surface area contributed by atoms with Crippen molar-refractivity contribution in [2.24, 2.45) is 0 Å². The van der Waals surface area contributed by atoms with Gasteiger partial charge >= 0.3 is 0 Å². The molecule has 2 aromatic rings. The molecule has 6 heteroatoms. The SMILES string of the molecule is [NH3+]Cc1ccccc1[N-]S(=O)(=O)c1cccc(F)c1. The second-order valence-corrected chi connectivity index (χ2v) is 5.51. The molecule has 100 valence electrons. The average Bonchev–Trinajstić information content (AvgIpc) is 2.39. The third-order valence-corrected chi connectivity index (χ3v) is 3.86. The highest BCUT2D eigenvalue weighted by Gasteiger charge is 2.07. The monoisotopic (exact) mass is 280 g/mol. The first-order chi connectivity index (χ1) is 9.03. The predicted molar refractivity (Wildman–Crippen MR) is 69.6 cm³/mol. The Kier molecular flexibility index (Phi) is 3.82. The largest absolute Gasteiger partial charge is 0.572 e. The van der Waals surface area contributed by atoms with E-state index < -0.39 is 15.8 Å². The average molecular weight is 280 g/mol. The first-order valence-corrected chi connectivity index (χ1v) is 7.07. The van der Waals surface area contributed by atoms with E-state index in [1.54, 1.807) is 24.3 Å². The fourth-order valence-electron chi connectivity index (χ4n) is 1.62. The Morgan fingerprint density at radius 1 is 1.11 bits per heavy atom. The van der Waals surface area contributed by atoms with Gasteiger partial charge in [0.2, 0.25) is 0 Å². The highest BCUT2D eigenvalue weighted by Crippen LogP contribution is 2.30. The molecule has 0 saturated heterocycles. The fourth-order valence-corrected chi connectivity index (χ4v) is 2.68. The van der Waals surface area contributed by atoms with Gasteiger partial charge in [0.05, 0.1) is 11.4 Å². The Hall–Kier alpha value is -1.92. The standard InChI is InChI=1S/C13H12FN2O2S/c14-11-5-3-6-12(8-11)19(17,18)16-13-7-2-1-4-10(13)9-15/h1-8H,9,15H2/q-1/p+1. The highest BCUT2D eigenvalue weighted by atomic mass is 32.2. The Labute approximate surface area is 111 Å². The van der Waals surface area contributed by atoms with Crippen molar-refractivity contribution in [3.63, 3.8) is 0 Å². The molecule has 0 bridgehead atoms. The number of nitrogens with zero attached hydrogens (tertiary/aromatic N) is 1. The lowest BCUT2D eigenvalue weighted by atomic mass is 10.2. The summed E-state index contributed by atoms with van der Waals surface area (Å²) in [4.78, 5) is -0.161. The van der Waals surface area contributed by atoms with Crippen molar-refractivity contribution in [1.82, 2.24) is 0 Å². The lowest BCUT2D eigenvalue weighted by molar-refractivity contribution is -0.386. The normalized spacial score (nSPS) is 11.3. The quantitative estimate of drug-likeness (QED) is 0.929. The van der Waals surface area contributed by atoms with E-state index in [1.807, 2.05) is 0 Å². The lowest BCUT2D eigenvalue weighted by Crippen LogP contribution is -2.47. The summed E-state index contributed by atoms with van der Waals surface area (Å²) in [6.07, 6.45) is 0. The van der Waals surface area contributed by atoms with Gasteiger partial charge < -0.3 is 10.5 Å². The molecule has 0 aromatic heterocycles. The van der Waals surface area contributed by atoms with E-state index in [1.165, 1.54) is 18.2 Å². The second-order valence-electron chi connectivity index (χ2n) is 3.90. The maximum atomic E-state index is 13.1. The summed E-state index contributed by atoms with van der Waals surface area (Å²) in [6, 6.07) is 11.6. The molecule has 0 saturated carbocycles. The van der Waals surface area contributed by atoms with Crippen LogP contribution in [-0.2, 0) is 16.6 Å². The zero-order valence-corrected chi connectivity index (χ0v) is 10.9. The molecule has 0 aliphatic carbocycles. The van der Waals surface area contributed by atoms with Gasteiger partial charge in [-0.05, 0) is 23.8 Å². The minimum atomic E-state index is -3.91. The molecular formula is C13H13FN2O2S. The molecule has 0 fully saturated rings. The van der Waals surface area contributed by atoms with E-state index in [2.05, 4.69) is 10.5 Å². The molecule has 4 nitrogen and oxygen atoms in total. The summed E-state index contributed by atoms with van der Waals surface area (Å²) in [5.41, 5.74) is 4.78. The van der Waals surface area contributed by atoms with Crippen molar-refractivity contribution < 1.29 is 18.5 Å². The number of hydrogen-bond donors (Lipinski definition) is 1. The first-order valence-electron chi connectivity index (χ1n) is 5.63. The van der Waals surface area contributed by atoms with Gasteiger partial charge in [-0.2, -0.15) is 0 Å². The molecule has 0 radical (unpaired) electrons. The fraction of sp³-hybridized carbons (Fsp3) is 0.0769. The minimum Gasteiger partial charge on any atom is -0.572 e. The van der Waals surface area contributed by atoms with Gasteiger partial charge in [-0.1, -0.05) is 30.3 Å². The van der Waals surface area contributed by atoms with Crippen LogP contribution < -0.4 is 5.73 Å². The lowest BCUT2D eigenvalue weighted by Gasteiger charge is -2.24. The van der Waals surface area contributed by atoms with E-state index >= 15 is 0 Å². The summed E-state index contributed by atoms with van der Waals surface area (Å²) in [5, 5.41) is 0. The Morgan fingerprint density at radius 2 is 1.84 bits per heavy atom. The Bertz CT molecular complexity index is 687. The smallest absolute Gasteiger partial charge is 0.124 e. The van der Waals surface area contributed by atoms with Crippen molar-refractivity contribution in [1.29, 1.82) is 0 Å². The van der Waals surface area contributed by atoms with Crippen LogP contribution in [0.4, 0.5) is 10.1 Å². The van der Waals surface area contributed by atoms with Crippen molar-refractivity contribution in [2.45, 2.75) is 11.4 Å². The van der Waals surface area contributed by atoms with Gasteiger partial charge in [-0.15, -0.1) is 5.69 Å². The van der Waals surface area contributed by atoms with E-state index in [-0.39, 0.29) is 4.90 Å². The van der Waals surface area contributed by atoms with Crippen LogP contribution in [0.1, 0.15) is 5.56 Å². The summed E-state index contributed by atoms with van der Waals surface area (Å²) in [6.45, 7) is 0.429. The molecule has 0 amide bonds.